The van der Waals surface area contributed by atoms with Gasteiger partial charge in [0.15, 0.2) is 0 Å². The molecule has 0 heterocycles. The van der Waals surface area contributed by atoms with Gasteiger partial charge in [-0.05, 0) is 55.3 Å². The van der Waals surface area contributed by atoms with Gasteiger partial charge < -0.3 is 10.8 Å². The molecule has 2 rings (SSSR count). The fourth-order valence-electron chi connectivity index (χ4n) is 1.61. The third-order valence-corrected chi connectivity index (χ3v) is 2.62. The number of nitrogens with two attached hydrogens (primary N) is 1. The molecule has 0 amide bonds. The summed E-state index contributed by atoms with van der Waals surface area (Å²) in [5.41, 5.74) is 9.54. The number of phenolic OH excluding ortho intramolecular Hbond substituents is 1. The van der Waals surface area contributed by atoms with Gasteiger partial charge in [0.1, 0.15) is 11.4 Å². The first-order valence-electron chi connectivity index (χ1n) is 5.64. The molecule has 0 fully saturated rings. The molecule has 4 heteroatoms. The minimum Gasteiger partial charge on any atom is -0.506 e. The first-order valence-corrected chi connectivity index (χ1v) is 5.64. The maximum atomic E-state index is 9.65. The Balaban J connectivity index is 2.32. The topological polar surface area (TPSA) is 71.0 Å². The van der Waals surface area contributed by atoms with E-state index >= 15 is 0 Å². The Hall–Kier alpha value is -2.36. The number of aromatic hydroxyl groups is 1. The molecule has 18 heavy (non-hydrogen) atoms. The number of nitrogen functional groups attached to an aromatic ring is 1. The van der Waals surface area contributed by atoms with E-state index in [1.165, 1.54) is 0 Å². The summed E-state index contributed by atoms with van der Waals surface area (Å²) in [4.78, 5) is 0. The third kappa shape index (κ3) is 2.66. The summed E-state index contributed by atoms with van der Waals surface area (Å²) in [6.07, 6.45) is 0. The van der Waals surface area contributed by atoms with Gasteiger partial charge in [-0.15, -0.1) is 5.11 Å². The van der Waals surface area contributed by atoms with Crippen molar-refractivity contribution in [3.8, 4) is 5.75 Å². The number of hydrogen-bond donors (Lipinski definition) is 2. The molecule has 0 spiro atoms. The summed E-state index contributed by atoms with van der Waals surface area (Å²) in [6, 6.07) is 10.6. The second kappa shape index (κ2) is 4.87. The molecule has 0 saturated carbocycles. The van der Waals surface area contributed by atoms with Crippen LogP contribution in [0.15, 0.2) is 46.6 Å². The Bertz CT molecular complexity index is 606. The van der Waals surface area contributed by atoms with Gasteiger partial charge in [0.25, 0.3) is 0 Å². The van der Waals surface area contributed by atoms with Gasteiger partial charge in [-0.25, -0.2) is 0 Å². The van der Waals surface area contributed by atoms with Crippen LogP contribution in [0.3, 0.4) is 0 Å². The second-order valence-electron chi connectivity index (χ2n) is 4.24. The van der Waals surface area contributed by atoms with Gasteiger partial charge >= 0.3 is 0 Å². The zero-order valence-electron chi connectivity index (χ0n) is 10.4. The molecule has 0 atom stereocenters. The molecule has 0 aliphatic carbocycles. The van der Waals surface area contributed by atoms with Crippen molar-refractivity contribution in [2.75, 3.05) is 5.73 Å². The summed E-state index contributed by atoms with van der Waals surface area (Å²) in [7, 11) is 0. The second-order valence-corrected chi connectivity index (χ2v) is 4.24. The molecule has 92 valence electrons. The van der Waals surface area contributed by atoms with Gasteiger partial charge in [0, 0.05) is 5.69 Å². The van der Waals surface area contributed by atoms with Gasteiger partial charge in [0.2, 0.25) is 0 Å². The number of anilines is 1. The van der Waals surface area contributed by atoms with Crippen molar-refractivity contribution in [3.63, 3.8) is 0 Å². The lowest BCUT2D eigenvalue weighted by atomic mass is 10.2. The van der Waals surface area contributed by atoms with Crippen LogP contribution < -0.4 is 5.73 Å². The number of phenols is 1. The van der Waals surface area contributed by atoms with Crippen molar-refractivity contribution in [2.24, 2.45) is 10.2 Å². The normalized spacial score (nSPS) is 11.0. The highest BCUT2D eigenvalue weighted by molar-refractivity contribution is 5.55. The van der Waals surface area contributed by atoms with E-state index in [1.807, 2.05) is 26.0 Å². The molecule has 0 radical (unpaired) electrons. The smallest absolute Gasteiger partial charge is 0.143 e. The number of hydrogen-bond acceptors (Lipinski definition) is 4. The predicted molar refractivity (Wildman–Crippen MR) is 72.6 cm³/mol. The molecule has 0 bridgehead atoms. The third-order valence-electron chi connectivity index (χ3n) is 2.62. The van der Waals surface area contributed by atoms with E-state index in [-0.39, 0.29) is 5.75 Å². The zero-order valence-corrected chi connectivity index (χ0v) is 10.4. The largest absolute Gasteiger partial charge is 0.506 e. The van der Waals surface area contributed by atoms with E-state index in [0.29, 0.717) is 11.4 Å². The molecule has 0 aliphatic heterocycles. The van der Waals surface area contributed by atoms with Crippen molar-refractivity contribution in [3.05, 3.63) is 47.5 Å². The van der Waals surface area contributed by atoms with E-state index in [9.17, 15) is 5.11 Å². The average molecular weight is 241 g/mol. The minimum atomic E-state index is 0.123. The summed E-state index contributed by atoms with van der Waals surface area (Å²) in [6.45, 7) is 3.85. The molecule has 0 saturated heterocycles. The Labute approximate surface area is 106 Å². The average Bonchev–Trinajstić information content (AvgIpc) is 2.32. The molecule has 2 aromatic carbocycles. The Morgan fingerprint density at radius 1 is 0.944 bits per heavy atom. The van der Waals surface area contributed by atoms with E-state index in [4.69, 9.17) is 5.73 Å². The molecule has 4 nitrogen and oxygen atoms in total. The predicted octanol–water partition coefficient (Wildman–Crippen LogP) is 4.01. The van der Waals surface area contributed by atoms with E-state index in [0.717, 1.165) is 16.8 Å². The van der Waals surface area contributed by atoms with Crippen molar-refractivity contribution in [1.82, 2.24) is 0 Å². The lowest BCUT2D eigenvalue weighted by Gasteiger charge is -2.01. The SMILES string of the molecule is Cc1ccc(O)c(N=Nc2ccc(N)cc2C)c1. The molecule has 0 unspecified atom stereocenters. The summed E-state index contributed by atoms with van der Waals surface area (Å²) in [5.74, 6) is 0.123. The number of nitrogens with zero attached hydrogens (tertiary/aromatic N) is 2. The lowest BCUT2D eigenvalue weighted by Crippen LogP contribution is -1.84. The van der Waals surface area contributed by atoms with Crippen molar-refractivity contribution >= 4 is 17.1 Å². The molecule has 0 aliphatic rings. The Morgan fingerprint density at radius 3 is 2.39 bits per heavy atom. The van der Waals surface area contributed by atoms with Crippen molar-refractivity contribution < 1.29 is 5.11 Å². The van der Waals surface area contributed by atoms with Gasteiger partial charge in [-0.2, -0.15) is 5.11 Å². The van der Waals surface area contributed by atoms with E-state index in [1.54, 1.807) is 24.3 Å². The van der Waals surface area contributed by atoms with Crippen molar-refractivity contribution in [2.45, 2.75) is 13.8 Å². The number of aryl methyl sites for hydroxylation is 2. The molecule has 3 N–H and O–H groups in total. The van der Waals surface area contributed by atoms with Gasteiger partial charge in [-0.1, -0.05) is 6.07 Å². The van der Waals surface area contributed by atoms with Crippen LogP contribution in [0, 0.1) is 13.8 Å². The van der Waals surface area contributed by atoms with Crippen LogP contribution in [-0.4, -0.2) is 5.11 Å². The molecule has 2 aromatic rings. The van der Waals surface area contributed by atoms with Crippen LogP contribution in [0.2, 0.25) is 0 Å². The lowest BCUT2D eigenvalue weighted by molar-refractivity contribution is 0.476. The number of benzene rings is 2. The number of azo groups is 1. The summed E-state index contributed by atoms with van der Waals surface area (Å²) >= 11 is 0. The highest BCUT2D eigenvalue weighted by Crippen LogP contribution is 2.30. The Morgan fingerprint density at radius 2 is 1.67 bits per heavy atom. The maximum absolute atomic E-state index is 9.65. The van der Waals surface area contributed by atoms with Crippen LogP contribution >= 0.6 is 0 Å². The number of rotatable bonds is 2. The highest BCUT2D eigenvalue weighted by Gasteiger charge is 2.01. The van der Waals surface area contributed by atoms with Crippen LogP contribution in [0.5, 0.6) is 5.75 Å². The van der Waals surface area contributed by atoms with E-state index < -0.39 is 0 Å². The Kier molecular flexibility index (Phi) is 3.28. The monoisotopic (exact) mass is 241 g/mol. The summed E-state index contributed by atoms with van der Waals surface area (Å²) in [5, 5.41) is 17.8. The van der Waals surface area contributed by atoms with Crippen LogP contribution in [0.1, 0.15) is 11.1 Å². The standard InChI is InChI=1S/C14H15N3O/c1-9-3-6-14(18)13(7-9)17-16-12-5-4-11(15)8-10(12)2/h3-8,18H,15H2,1-2H3. The first kappa shape index (κ1) is 12.1. The van der Waals surface area contributed by atoms with E-state index in [2.05, 4.69) is 10.2 Å². The molecular formula is C14H15N3O. The zero-order chi connectivity index (χ0) is 13.1. The van der Waals surface area contributed by atoms with Crippen LogP contribution in [-0.2, 0) is 0 Å². The minimum absolute atomic E-state index is 0.123. The quantitative estimate of drug-likeness (QED) is 0.616. The van der Waals surface area contributed by atoms with Gasteiger partial charge in [0.05, 0.1) is 5.69 Å². The van der Waals surface area contributed by atoms with Crippen molar-refractivity contribution in [1.29, 1.82) is 0 Å². The van der Waals surface area contributed by atoms with Gasteiger partial charge in [-0.3, -0.25) is 0 Å². The first-order chi connectivity index (χ1) is 8.56. The fraction of sp³-hybridized carbons (Fsp3) is 0.143. The highest BCUT2D eigenvalue weighted by atomic mass is 16.3. The fourth-order valence-corrected chi connectivity index (χ4v) is 1.61. The molecular weight excluding hydrogens is 226 g/mol. The van der Waals surface area contributed by atoms with Crippen LogP contribution in [0.4, 0.5) is 17.1 Å². The summed E-state index contributed by atoms with van der Waals surface area (Å²) < 4.78 is 0. The van der Waals surface area contributed by atoms with Crippen LogP contribution in [0.25, 0.3) is 0 Å². The maximum Gasteiger partial charge on any atom is 0.143 e. The molecule has 0 aromatic heterocycles.